The van der Waals surface area contributed by atoms with Crippen LogP contribution in [0.5, 0.6) is 11.5 Å². The number of hydrogen-bond donors (Lipinski definition) is 0. The topological polar surface area (TPSA) is 65.1 Å². The van der Waals surface area contributed by atoms with E-state index in [2.05, 4.69) is 0 Å². The molecule has 0 unspecified atom stereocenters. The van der Waals surface area contributed by atoms with Crippen molar-refractivity contribution in [1.82, 2.24) is 4.90 Å². The van der Waals surface area contributed by atoms with Crippen LogP contribution >= 0.6 is 11.6 Å². The number of methoxy groups -OCH3 is 1. The fraction of sp³-hybridized carbons (Fsp3) is 0.333. The SMILES string of the molecule is COc1ccc(COC2CN(C(=O)c3cc4c(cc3F)OCC(=O)C4)C2)c(Cl)c1. The zero-order valence-electron chi connectivity index (χ0n) is 15.7. The van der Waals surface area contributed by atoms with Gasteiger partial charge in [0, 0.05) is 36.2 Å². The van der Waals surface area contributed by atoms with Gasteiger partial charge in [-0.05, 0) is 23.8 Å². The van der Waals surface area contributed by atoms with E-state index >= 15 is 0 Å². The average Bonchev–Trinajstić information content (AvgIpc) is 2.67. The second-order valence-corrected chi connectivity index (χ2v) is 7.45. The smallest absolute Gasteiger partial charge is 0.257 e. The summed E-state index contributed by atoms with van der Waals surface area (Å²) in [7, 11) is 1.57. The Hall–Kier alpha value is -2.64. The number of carbonyl (C=O) groups is 2. The van der Waals surface area contributed by atoms with Gasteiger partial charge in [-0.25, -0.2) is 4.39 Å². The van der Waals surface area contributed by atoms with E-state index in [9.17, 15) is 14.0 Å². The van der Waals surface area contributed by atoms with Gasteiger partial charge in [0.15, 0.2) is 5.78 Å². The van der Waals surface area contributed by atoms with Crippen LogP contribution in [-0.2, 0) is 22.6 Å². The molecule has 0 radical (unpaired) electrons. The van der Waals surface area contributed by atoms with Gasteiger partial charge in [0.2, 0.25) is 0 Å². The lowest BCUT2D eigenvalue weighted by Gasteiger charge is -2.39. The highest BCUT2D eigenvalue weighted by Crippen LogP contribution is 2.29. The van der Waals surface area contributed by atoms with Crippen molar-refractivity contribution in [2.45, 2.75) is 19.1 Å². The number of ether oxygens (including phenoxy) is 3. The number of likely N-dealkylation sites (tertiary alicyclic amines) is 1. The van der Waals surface area contributed by atoms with Crippen molar-refractivity contribution < 1.29 is 28.2 Å². The van der Waals surface area contributed by atoms with Gasteiger partial charge < -0.3 is 19.1 Å². The highest BCUT2D eigenvalue weighted by Gasteiger charge is 2.34. The molecule has 0 saturated carbocycles. The van der Waals surface area contributed by atoms with Gasteiger partial charge >= 0.3 is 0 Å². The van der Waals surface area contributed by atoms with Gasteiger partial charge in [0.25, 0.3) is 5.91 Å². The Morgan fingerprint density at radius 3 is 2.83 bits per heavy atom. The predicted molar refractivity (Wildman–Crippen MR) is 103 cm³/mol. The summed E-state index contributed by atoms with van der Waals surface area (Å²) in [6.07, 6.45) is -0.00716. The molecule has 2 heterocycles. The largest absolute Gasteiger partial charge is 0.497 e. The first kappa shape index (κ1) is 19.7. The molecule has 1 fully saturated rings. The van der Waals surface area contributed by atoms with Gasteiger partial charge in [-0.3, -0.25) is 9.59 Å². The molecule has 0 aromatic heterocycles. The average molecular weight is 420 g/mol. The highest BCUT2D eigenvalue weighted by atomic mass is 35.5. The molecule has 2 aliphatic rings. The van der Waals surface area contributed by atoms with E-state index in [0.717, 1.165) is 5.56 Å². The number of Topliss-reactive ketones (excluding diaryl/α,β-unsaturated/α-hetero) is 1. The standard InChI is InChI=1S/C21H19ClFNO5/c1-27-15-3-2-12(18(22)6-15)10-28-16-8-24(9-16)21(26)17-5-13-4-14(25)11-29-20(13)7-19(17)23/h2-3,5-7,16H,4,8-11H2,1H3. The minimum absolute atomic E-state index is 0.0568. The first-order valence-electron chi connectivity index (χ1n) is 9.15. The third-order valence-electron chi connectivity index (χ3n) is 5.03. The maximum absolute atomic E-state index is 14.4. The number of benzene rings is 2. The molecular weight excluding hydrogens is 401 g/mol. The number of carbonyl (C=O) groups excluding carboxylic acids is 2. The quantitative estimate of drug-likeness (QED) is 0.745. The molecule has 2 aliphatic heterocycles. The lowest BCUT2D eigenvalue weighted by atomic mass is 10.0. The summed E-state index contributed by atoms with van der Waals surface area (Å²) >= 11 is 6.20. The molecule has 1 amide bonds. The van der Waals surface area contributed by atoms with Gasteiger partial charge in [-0.15, -0.1) is 0 Å². The van der Waals surface area contributed by atoms with Crippen molar-refractivity contribution in [1.29, 1.82) is 0 Å². The van der Waals surface area contributed by atoms with Crippen LogP contribution in [-0.4, -0.2) is 49.5 Å². The first-order chi connectivity index (χ1) is 13.9. The zero-order valence-corrected chi connectivity index (χ0v) is 16.5. The van der Waals surface area contributed by atoms with E-state index in [4.69, 9.17) is 25.8 Å². The van der Waals surface area contributed by atoms with Crippen LogP contribution in [0.2, 0.25) is 5.02 Å². The van der Waals surface area contributed by atoms with E-state index < -0.39 is 11.7 Å². The lowest BCUT2D eigenvalue weighted by Crippen LogP contribution is -2.54. The lowest BCUT2D eigenvalue weighted by molar-refractivity contribution is -0.121. The summed E-state index contributed by atoms with van der Waals surface area (Å²) in [6, 6.07) is 7.93. The normalized spacial score (nSPS) is 16.1. The van der Waals surface area contributed by atoms with Crippen LogP contribution < -0.4 is 9.47 Å². The number of ketones is 1. The second kappa shape index (κ2) is 8.00. The fourth-order valence-corrected chi connectivity index (χ4v) is 3.54. The summed E-state index contributed by atoms with van der Waals surface area (Å²) in [6.45, 7) is 0.961. The minimum atomic E-state index is -0.655. The zero-order chi connectivity index (χ0) is 20.5. The summed E-state index contributed by atoms with van der Waals surface area (Å²) in [5, 5.41) is 0.546. The Balaban J connectivity index is 1.35. The molecule has 2 aromatic carbocycles. The van der Waals surface area contributed by atoms with E-state index in [1.54, 1.807) is 19.2 Å². The van der Waals surface area contributed by atoms with Crippen molar-refractivity contribution in [2.75, 3.05) is 26.8 Å². The van der Waals surface area contributed by atoms with Gasteiger partial charge in [-0.2, -0.15) is 0 Å². The van der Waals surface area contributed by atoms with Gasteiger partial charge in [0.1, 0.15) is 23.9 Å². The number of fused-ring (bicyclic) bond motifs is 1. The van der Waals surface area contributed by atoms with E-state index in [-0.39, 0.29) is 30.5 Å². The molecule has 0 spiro atoms. The van der Waals surface area contributed by atoms with Crippen LogP contribution in [0, 0.1) is 5.82 Å². The summed E-state index contributed by atoms with van der Waals surface area (Å²) in [5.41, 5.74) is 1.30. The molecule has 1 saturated heterocycles. The molecule has 0 atom stereocenters. The Kier molecular flexibility index (Phi) is 5.43. The minimum Gasteiger partial charge on any atom is -0.497 e. The molecule has 4 rings (SSSR count). The summed E-state index contributed by atoms with van der Waals surface area (Å²) in [4.78, 5) is 25.7. The van der Waals surface area contributed by atoms with Crippen molar-refractivity contribution in [3.8, 4) is 11.5 Å². The maximum Gasteiger partial charge on any atom is 0.257 e. The van der Waals surface area contributed by atoms with E-state index in [0.29, 0.717) is 41.8 Å². The number of rotatable bonds is 5. The second-order valence-electron chi connectivity index (χ2n) is 7.04. The van der Waals surface area contributed by atoms with Gasteiger partial charge in [0.05, 0.1) is 25.4 Å². The van der Waals surface area contributed by atoms with Crippen molar-refractivity contribution in [3.05, 3.63) is 57.9 Å². The molecule has 2 aromatic rings. The number of halogens is 2. The molecule has 0 bridgehead atoms. The first-order valence-corrected chi connectivity index (χ1v) is 9.52. The molecule has 8 heteroatoms. The van der Waals surface area contributed by atoms with Crippen LogP contribution in [0.4, 0.5) is 4.39 Å². The summed E-state index contributed by atoms with van der Waals surface area (Å²) < 4.78 is 30.5. The van der Waals surface area contributed by atoms with Crippen LogP contribution in [0.1, 0.15) is 21.5 Å². The highest BCUT2D eigenvalue weighted by molar-refractivity contribution is 6.31. The third-order valence-corrected chi connectivity index (χ3v) is 5.38. The number of nitrogens with zero attached hydrogens (tertiary/aromatic N) is 1. The number of hydrogen-bond acceptors (Lipinski definition) is 5. The Labute approximate surface area is 172 Å². The predicted octanol–water partition coefficient (Wildman–Crippen LogP) is 3.03. The van der Waals surface area contributed by atoms with Gasteiger partial charge in [-0.1, -0.05) is 17.7 Å². The van der Waals surface area contributed by atoms with Crippen molar-refractivity contribution >= 4 is 23.3 Å². The van der Waals surface area contributed by atoms with Crippen molar-refractivity contribution in [3.63, 3.8) is 0 Å². The Morgan fingerprint density at radius 1 is 1.31 bits per heavy atom. The molecule has 152 valence electrons. The van der Waals surface area contributed by atoms with Crippen LogP contribution in [0.3, 0.4) is 0 Å². The fourth-order valence-electron chi connectivity index (χ4n) is 3.32. The van der Waals surface area contributed by atoms with E-state index in [1.165, 1.54) is 17.0 Å². The Morgan fingerprint density at radius 2 is 2.10 bits per heavy atom. The molecule has 0 aliphatic carbocycles. The maximum atomic E-state index is 14.4. The Bertz CT molecular complexity index is 974. The van der Waals surface area contributed by atoms with Crippen LogP contribution in [0.15, 0.2) is 30.3 Å². The third kappa shape index (κ3) is 4.06. The molecule has 6 nitrogen and oxygen atoms in total. The monoisotopic (exact) mass is 419 g/mol. The molecule has 0 N–H and O–H groups in total. The van der Waals surface area contributed by atoms with E-state index in [1.807, 2.05) is 6.07 Å². The molecular formula is C21H19ClFNO5. The van der Waals surface area contributed by atoms with Crippen molar-refractivity contribution in [2.24, 2.45) is 0 Å². The number of amides is 1. The summed E-state index contributed by atoms with van der Waals surface area (Å²) in [5.74, 6) is -0.196. The molecule has 29 heavy (non-hydrogen) atoms. The van der Waals surface area contributed by atoms with Crippen LogP contribution in [0.25, 0.3) is 0 Å².